The molecule has 1 amide bonds. The molecule has 4 nitrogen and oxygen atoms in total. The van der Waals surface area contributed by atoms with E-state index in [1.165, 1.54) is 0 Å². The predicted octanol–water partition coefficient (Wildman–Crippen LogP) is 1.56. The van der Waals surface area contributed by atoms with Gasteiger partial charge in [0.15, 0.2) is 6.10 Å². The van der Waals surface area contributed by atoms with Crippen LogP contribution in [-0.4, -0.2) is 43.8 Å². The third-order valence-corrected chi connectivity index (χ3v) is 3.65. The summed E-state index contributed by atoms with van der Waals surface area (Å²) in [5.74, 6) is 0.321. The van der Waals surface area contributed by atoms with Crippen LogP contribution in [0.15, 0.2) is 0 Å². The Kier molecular flexibility index (Phi) is 6.85. The number of alkyl halides is 1. The topological polar surface area (TPSA) is 47.6 Å². The standard InChI is InChI=1S/C12H22ClNO3/c1-3-9(4-2)10(13)7-14-12(15)11-8-16-5-6-17-11/h9-11H,3-8H2,1-2H3,(H,14,15). The van der Waals surface area contributed by atoms with Gasteiger partial charge in [-0.05, 0) is 5.92 Å². The van der Waals surface area contributed by atoms with Crippen molar-refractivity contribution < 1.29 is 14.3 Å². The monoisotopic (exact) mass is 263 g/mol. The molecule has 0 radical (unpaired) electrons. The SMILES string of the molecule is CCC(CC)C(Cl)CNC(=O)C1COCCO1. The summed E-state index contributed by atoms with van der Waals surface area (Å²) < 4.78 is 10.5. The van der Waals surface area contributed by atoms with Crippen molar-refractivity contribution in [1.82, 2.24) is 5.32 Å². The molecule has 0 aliphatic carbocycles. The summed E-state index contributed by atoms with van der Waals surface area (Å²) in [6.45, 7) is 6.11. The van der Waals surface area contributed by atoms with Gasteiger partial charge < -0.3 is 14.8 Å². The van der Waals surface area contributed by atoms with Crippen molar-refractivity contribution in [2.24, 2.45) is 5.92 Å². The number of halogens is 1. The van der Waals surface area contributed by atoms with Crippen LogP contribution in [0.5, 0.6) is 0 Å². The third kappa shape index (κ3) is 4.82. The zero-order valence-electron chi connectivity index (χ0n) is 10.6. The quantitative estimate of drug-likeness (QED) is 0.740. The highest BCUT2D eigenvalue weighted by molar-refractivity contribution is 6.21. The minimum atomic E-state index is -0.477. The van der Waals surface area contributed by atoms with Gasteiger partial charge in [0, 0.05) is 6.54 Å². The highest BCUT2D eigenvalue weighted by Gasteiger charge is 2.24. The van der Waals surface area contributed by atoms with Gasteiger partial charge in [-0.2, -0.15) is 0 Å². The summed E-state index contributed by atoms with van der Waals surface area (Å²) in [5, 5.41) is 2.81. The first-order chi connectivity index (χ1) is 8.19. The molecule has 0 saturated carbocycles. The molecule has 0 spiro atoms. The van der Waals surface area contributed by atoms with Gasteiger partial charge in [0.25, 0.3) is 5.91 Å². The van der Waals surface area contributed by atoms with E-state index in [1.54, 1.807) is 0 Å². The molecule has 0 aromatic rings. The Morgan fingerprint density at radius 2 is 2.12 bits per heavy atom. The largest absolute Gasteiger partial charge is 0.376 e. The Labute approximate surface area is 108 Å². The summed E-state index contributed by atoms with van der Waals surface area (Å²) >= 11 is 6.24. The van der Waals surface area contributed by atoms with E-state index < -0.39 is 6.10 Å². The van der Waals surface area contributed by atoms with Crippen molar-refractivity contribution in [2.45, 2.75) is 38.2 Å². The number of rotatable bonds is 6. The lowest BCUT2D eigenvalue weighted by atomic mass is 9.99. The van der Waals surface area contributed by atoms with Crippen LogP contribution in [0.3, 0.4) is 0 Å². The van der Waals surface area contributed by atoms with E-state index >= 15 is 0 Å². The predicted molar refractivity (Wildman–Crippen MR) is 67.3 cm³/mol. The minimum absolute atomic E-state index is 0.0153. The summed E-state index contributed by atoms with van der Waals surface area (Å²) in [6.07, 6.45) is 1.59. The van der Waals surface area contributed by atoms with E-state index in [-0.39, 0.29) is 11.3 Å². The zero-order chi connectivity index (χ0) is 12.7. The number of amides is 1. The molecule has 17 heavy (non-hydrogen) atoms. The molecule has 0 bridgehead atoms. The summed E-state index contributed by atoms with van der Waals surface area (Å²) in [6, 6.07) is 0. The molecule has 5 heteroatoms. The molecule has 100 valence electrons. The van der Waals surface area contributed by atoms with Crippen LogP contribution in [0.2, 0.25) is 0 Å². The van der Waals surface area contributed by atoms with Crippen LogP contribution in [0.25, 0.3) is 0 Å². The fourth-order valence-electron chi connectivity index (χ4n) is 1.92. The maximum Gasteiger partial charge on any atom is 0.251 e. The fourth-order valence-corrected chi connectivity index (χ4v) is 2.35. The molecular formula is C12H22ClNO3. The molecule has 1 aliphatic heterocycles. The van der Waals surface area contributed by atoms with Crippen LogP contribution in [-0.2, 0) is 14.3 Å². The highest BCUT2D eigenvalue weighted by Crippen LogP contribution is 2.17. The third-order valence-electron chi connectivity index (χ3n) is 3.14. The van der Waals surface area contributed by atoms with E-state index in [0.717, 1.165) is 12.8 Å². The maximum atomic E-state index is 11.7. The normalized spacial score (nSPS) is 22.5. The van der Waals surface area contributed by atoms with Crippen molar-refractivity contribution in [2.75, 3.05) is 26.4 Å². The maximum absolute atomic E-state index is 11.7. The van der Waals surface area contributed by atoms with E-state index in [0.29, 0.717) is 32.3 Å². The Balaban J connectivity index is 2.26. The number of nitrogens with one attached hydrogen (secondary N) is 1. The van der Waals surface area contributed by atoms with E-state index in [1.807, 2.05) is 0 Å². The molecule has 1 saturated heterocycles. The smallest absolute Gasteiger partial charge is 0.251 e. The molecule has 2 unspecified atom stereocenters. The molecule has 1 rings (SSSR count). The van der Waals surface area contributed by atoms with Gasteiger partial charge in [-0.1, -0.05) is 26.7 Å². The number of carbonyl (C=O) groups is 1. The molecule has 2 atom stereocenters. The second-order valence-corrected chi connectivity index (χ2v) is 4.83. The molecule has 0 aromatic carbocycles. The molecule has 1 aliphatic rings. The Hall–Kier alpha value is -0.320. The number of ether oxygens (including phenoxy) is 2. The molecular weight excluding hydrogens is 242 g/mol. The van der Waals surface area contributed by atoms with Crippen LogP contribution in [0, 0.1) is 5.92 Å². The fraction of sp³-hybridized carbons (Fsp3) is 0.917. The van der Waals surface area contributed by atoms with Crippen molar-refractivity contribution >= 4 is 17.5 Å². The Morgan fingerprint density at radius 1 is 1.41 bits per heavy atom. The second-order valence-electron chi connectivity index (χ2n) is 4.27. The molecule has 1 heterocycles. The van der Waals surface area contributed by atoms with Gasteiger partial charge >= 0.3 is 0 Å². The van der Waals surface area contributed by atoms with Crippen molar-refractivity contribution in [3.63, 3.8) is 0 Å². The lowest BCUT2D eigenvalue weighted by Crippen LogP contribution is -2.45. The first kappa shape index (κ1) is 14.7. The summed E-state index contributed by atoms with van der Waals surface area (Å²) in [7, 11) is 0. The van der Waals surface area contributed by atoms with Gasteiger partial charge in [-0.15, -0.1) is 11.6 Å². The van der Waals surface area contributed by atoms with Gasteiger partial charge in [0.1, 0.15) is 0 Å². The van der Waals surface area contributed by atoms with Gasteiger partial charge in [0.2, 0.25) is 0 Å². The Morgan fingerprint density at radius 3 is 2.65 bits per heavy atom. The van der Waals surface area contributed by atoms with Gasteiger partial charge in [-0.3, -0.25) is 4.79 Å². The van der Waals surface area contributed by atoms with E-state index in [4.69, 9.17) is 21.1 Å². The zero-order valence-corrected chi connectivity index (χ0v) is 11.3. The second kappa shape index (κ2) is 7.90. The van der Waals surface area contributed by atoms with Crippen LogP contribution < -0.4 is 5.32 Å². The van der Waals surface area contributed by atoms with Crippen molar-refractivity contribution in [3.05, 3.63) is 0 Å². The van der Waals surface area contributed by atoms with Crippen LogP contribution in [0.4, 0.5) is 0 Å². The molecule has 0 aromatic heterocycles. The molecule has 1 N–H and O–H groups in total. The average molecular weight is 264 g/mol. The first-order valence-corrected chi connectivity index (χ1v) is 6.73. The first-order valence-electron chi connectivity index (χ1n) is 6.30. The molecule has 1 fully saturated rings. The van der Waals surface area contributed by atoms with Crippen molar-refractivity contribution in [1.29, 1.82) is 0 Å². The summed E-state index contributed by atoms with van der Waals surface area (Å²) in [5.41, 5.74) is 0. The summed E-state index contributed by atoms with van der Waals surface area (Å²) in [4.78, 5) is 11.7. The number of hydrogen-bond acceptors (Lipinski definition) is 3. The van der Waals surface area contributed by atoms with Crippen molar-refractivity contribution in [3.8, 4) is 0 Å². The average Bonchev–Trinajstić information content (AvgIpc) is 2.38. The van der Waals surface area contributed by atoms with Crippen LogP contribution >= 0.6 is 11.6 Å². The lowest BCUT2D eigenvalue weighted by Gasteiger charge is -2.24. The van der Waals surface area contributed by atoms with Crippen LogP contribution in [0.1, 0.15) is 26.7 Å². The highest BCUT2D eigenvalue weighted by atomic mass is 35.5. The van der Waals surface area contributed by atoms with E-state index in [2.05, 4.69) is 19.2 Å². The van der Waals surface area contributed by atoms with Gasteiger partial charge in [0.05, 0.1) is 25.2 Å². The number of carbonyl (C=O) groups excluding carboxylic acids is 1. The van der Waals surface area contributed by atoms with E-state index in [9.17, 15) is 4.79 Å². The lowest BCUT2D eigenvalue weighted by molar-refractivity contribution is -0.147. The minimum Gasteiger partial charge on any atom is -0.376 e. The van der Waals surface area contributed by atoms with Gasteiger partial charge in [-0.25, -0.2) is 0 Å². The Bertz CT molecular complexity index is 228. The number of hydrogen-bond donors (Lipinski definition) is 1.